The fourth-order valence-electron chi connectivity index (χ4n) is 1.35. The molecule has 2 N–H and O–H groups in total. The Labute approximate surface area is 71.8 Å². The monoisotopic (exact) mass is 173 g/mol. The zero-order chi connectivity index (χ0) is 9.30. The van der Waals surface area contributed by atoms with E-state index in [1.165, 1.54) is 11.8 Å². The molecule has 4 heteroatoms. The molecule has 70 valence electrons. The third-order valence-corrected chi connectivity index (χ3v) is 2.34. The first-order valence-corrected chi connectivity index (χ1v) is 4.15. The van der Waals surface area contributed by atoms with E-state index in [-0.39, 0.29) is 18.1 Å². The van der Waals surface area contributed by atoms with Crippen molar-refractivity contribution in [3.8, 4) is 0 Å². The van der Waals surface area contributed by atoms with E-state index in [1.807, 2.05) is 0 Å². The standard InChI is InChI=1S/C8H15NO3/c1-5(10)8(12)9(2)6-3-7(11)4-6/h5-7,10-11H,3-4H2,1-2H3/t5-,6?,7?/m1/s1. The molecule has 1 aliphatic rings. The Morgan fingerprint density at radius 1 is 1.58 bits per heavy atom. The van der Waals surface area contributed by atoms with Crippen LogP contribution in [-0.2, 0) is 4.79 Å². The zero-order valence-corrected chi connectivity index (χ0v) is 7.40. The number of rotatable bonds is 2. The maximum Gasteiger partial charge on any atom is 0.251 e. The lowest BCUT2D eigenvalue weighted by atomic mass is 9.88. The van der Waals surface area contributed by atoms with Gasteiger partial charge in [0.1, 0.15) is 6.10 Å². The van der Waals surface area contributed by atoms with Crippen LogP contribution in [0.3, 0.4) is 0 Å². The summed E-state index contributed by atoms with van der Waals surface area (Å²) in [5.41, 5.74) is 0. The Kier molecular flexibility index (Phi) is 2.69. The molecular weight excluding hydrogens is 158 g/mol. The van der Waals surface area contributed by atoms with Gasteiger partial charge in [-0.2, -0.15) is 0 Å². The Balaban J connectivity index is 2.38. The Bertz CT molecular complexity index is 175. The van der Waals surface area contributed by atoms with E-state index < -0.39 is 6.10 Å². The minimum Gasteiger partial charge on any atom is -0.393 e. The van der Waals surface area contributed by atoms with Gasteiger partial charge in [-0.1, -0.05) is 0 Å². The highest BCUT2D eigenvalue weighted by molar-refractivity contribution is 5.80. The summed E-state index contributed by atoms with van der Waals surface area (Å²) in [6.45, 7) is 1.45. The molecule has 0 aromatic heterocycles. The van der Waals surface area contributed by atoms with Gasteiger partial charge in [0, 0.05) is 13.1 Å². The molecule has 4 nitrogen and oxygen atoms in total. The summed E-state index contributed by atoms with van der Waals surface area (Å²) in [4.78, 5) is 12.7. The fourth-order valence-corrected chi connectivity index (χ4v) is 1.35. The SMILES string of the molecule is C[C@@H](O)C(=O)N(C)C1CC(O)C1. The number of carbonyl (C=O) groups is 1. The van der Waals surface area contributed by atoms with Gasteiger partial charge in [-0.25, -0.2) is 0 Å². The van der Waals surface area contributed by atoms with Crippen LogP contribution in [0.15, 0.2) is 0 Å². The molecule has 0 bridgehead atoms. The quantitative estimate of drug-likeness (QED) is 0.583. The summed E-state index contributed by atoms with van der Waals surface area (Å²) in [6.07, 6.45) is 0.0659. The number of aliphatic hydroxyl groups is 2. The predicted molar refractivity (Wildman–Crippen MR) is 43.5 cm³/mol. The third kappa shape index (κ3) is 1.76. The molecule has 0 aromatic carbocycles. The Morgan fingerprint density at radius 2 is 2.08 bits per heavy atom. The second-order valence-electron chi connectivity index (χ2n) is 3.40. The van der Waals surface area contributed by atoms with Crippen molar-refractivity contribution in [3.05, 3.63) is 0 Å². The van der Waals surface area contributed by atoms with Gasteiger partial charge in [0.15, 0.2) is 0 Å². The second-order valence-corrected chi connectivity index (χ2v) is 3.40. The van der Waals surface area contributed by atoms with Crippen LogP contribution in [0.1, 0.15) is 19.8 Å². The summed E-state index contributed by atoms with van der Waals surface area (Å²) < 4.78 is 0. The molecule has 1 rings (SSSR count). The van der Waals surface area contributed by atoms with Crippen LogP contribution in [0, 0.1) is 0 Å². The van der Waals surface area contributed by atoms with Crippen LogP contribution >= 0.6 is 0 Å². The number of hydrogen-bond acceptors (Lipinski definition) is 3. The highest BCUT2D eigenvalue weighted by Crippen LogP contribution is 2.24. The van der Waals surface area contributed by atoms with Crippen molar-refractivity contribution < 1.29 is 15.0 Å². The molecule has 1 amide bonds. The summed E-state index contributed by atoms with van der Waals surface area (Å²) >= 11 is 0. The van der Waals surface area contributed by atoms with E-state index in [0.29, 0.717) is 12.8 Å². The Hall–Kier alpha value is -0.610. The van der Waals surface area contributed by atoms with Gasteiger partial charge in [0.05, 0.1) is 6.10 Å². The van der Waals surface area contributed by atoms with E-state index in [4.69, 9.17) is 10.2 Å². The average molecular weight is 173 g/mol. The lowest BCUT2D eigenvalue weighted by molar-refractivity contribution is -0.143. The van der Waals surface area contributed by atoms with Crippen molar-refractivity contribution in [2.24, 2.45) is 0 Å². The number of amides is 1. The van der Waals surface area contributed by atoms with Crippen molar-refractivity contribution in [1.82, 2.24) is 4.90 Å². The van der Waals surface area contributed by atoms with Gasteiger partial charge in [0.2, 0.25) is 0 Å². The predicted octanol–water partition coefficient (Wildman–Crippen LogP) is -0.651. The molecule has 1 atom stereocenters. The van der Waals surface area contributed by atoms with Gasteiger partial charge in [0.25, 0.3) is 5.91 Å². The lowest BCUT2D eigenvalue weighted by Gasteiger charge is -2.38. The van der Waals surface area contributed by atoms with Crippen LogP contribution < -0.4 is 0 Å². The van der Waals surface area contributed by atoms with Gasteiger partial charge in [-0.15, -0.1) is 0 Å². The largest absolute Gasteiger partial charge is 0.393 e. The van der Waals surface area contributed by atoms with Gasteiger partial charge in [-0.05, 0) is 19.8 Å². The number of carbonyl (C=O) groups excluding carboxylic acids is 1. The number of likely N-dealkylation sites (N-methyl/N-ethyl adjacent to an activating group) is 1. The van der Waals surface area contributed by atoms with E-state index in [0.717, 1.165) is 0 Å². The van der Waals surface area contributed by atoms with E-state index in [9.17, 15) is 4.79 Å². The molecular formula is C8H15NO3. The molecule has 0 heterocycles. The number of hydrogen-bond donors (Lipinski definition) is 2. The van der Waals surface area contributed by atoms with E-state index in [2.05, 4.69) is 0 Å². The average Bonchev–Trinajstić information content (AvgIpc) is 1.95. The minimum absolute atomic E-state index is 0.113. The lowest BCUT2D eigenvalue weighted by Crippen LogP contribution is -2.50. The highest BCUT2D eigenvalue weighted by Gasteiger charge is 2.33. The molecule has 0 spiro atoms. The van der Waals surface area contributed by atoms with E-state index in [1.54, 1.807) is 7.05 Å². The van der Waals surface area contributed by atoms with Crippen LogP contribution in [0.25, 0.3) is 0 Å². The smallest absolute Gasteiger partial charge is 0.251 e. The van der Waals surface area contributed by atoms with Crippen LogP contribution in [0.5, 0.6) is 0 Å². The zero-order valence-electron chi connectivity index (χ0n) is 7.40. The third-order valence-electron chi connectivity index (χ3n) is 2.34. The van der Waals surface area contributed by atoms with Crippen molar-refractivity contribution >= 4 is 5.91 Å². The first-order valence-electron chi connectivity index (χ1n) is 4.15. The number of nitrogens with zero attached hydrogens (tertiary/aromatic N) is 1. The maximum atomic E-state index is 11.2. The molecule has 0 unspecified atom stereocenters. The van der Waals surface area contributed by atoms with E-state index >= 15 is 0 Å². The van der Waals surface area contributed by atoms with Gasteiger partial charge >= 0.3 is 0 Å². The molecule has 0 radical (unpaired) electrons. The molecule has 1 saturated carbocycles. The second kappa shape index (κ2) is 3.41. The molecule has 12 heavy (non-hydrogen) atoms. The Morgan fingerprint density at radius 3 is 2.42 bits per heavy atom. The highest BCUT2D eigenvalue weighted by atomic mass is 16.3. The van der Waals surface area contributed by atoms with Crippen LogP contribution in [0.2, 0.25) is 0 Å². The van der Waals surface area contributed by atoms with Gasteiger partial charge < -0.3 is 15.1 Å². The molecule has 0 aromatic rings. The van der Waals surface area contributed by atoms with Crippen molar-refractivity contribution in [2.75, 3.05) is 7.05 Å². The molecule has 1 aliphatic carbocycles. The summed E-state index contributed by atoms with van der Waals surface area (Å²) in [5, 5.41) is 18.0. The van der Waals surface area contributed by atoms with Gasteiger partial charge in [-0.3, -0.25) is 4.79 Å². The minimum atomic E-state index is -0.937. The topological polar surface area (TPSA) is 60.8 Å². The molecule has 0 saturated heterocycles. The van der Waals surface area contributed by atoms with Crippen LogP contribution in [0.4, 0.5) is 0 Å². The van der Waals surface area contributed by atoms with Crippen molar-refractivity contribution in [3.63, 3.8) is 0 Å². The first kappa shape index (κ1) is 9.48. The summed E-state index contributed by atoms with van der Waals surface area (Å²) in [5.74, 6) is -0.271. The summed E-state index contributed by atoms with van der Waals surface area (Å²) in [7, 11) is 1.66. The van der Waals surface area contributed by atoms with Crippen molar-refractivity contribution in [2.45, 2.75) is 38.0 Å². The summed E-state index contributed by atoms with van der Waals surface area (Å²) in [6, 6.07) is 0.113. The maximum absolute atomic E-state index is 11.2. The number of aliphatic hydroxyl groups excluding tert-OH is 2. The van der Waals surface area contributed by atoms with Crippen LogP contribution in [-0.4, -0.2) is 46.3 Å². The van der Waals surface area contributed by atoms with Crippen molar-refractivity contribution in [1.29, 1.82) is 0 Å². The normalized spacial score (nSPS) is 30.7. The first-order chi connectivity index (χ1) is 5.52. The molecule has 1 fully saturated rings. The fraction of sp³-hybridized carbons (Fsp3) is 0.875. The molecule has 0 aliphatic heterocycles.